The molecular weight excluding hydrogens is 677 g/mol. The second-order valence-corrected chi connectivity index (χ2v) is 15.6. The van der Waals surface area contributed by atoms with Gasteiger partial charge in [0, 0.05) is 79.9 Å². The van der Waals surface area contributed by atoms with Gasteiger partial charge < -0.3 is 19.8 Å². The zero-order valence-electron chi connectivity index (χ0n) is 30.9. The highest BCUT2D eigenvalue weighted by Crippen LogP contribution is 2.38. The summed E-state index contributed by atoms with van der Waals surface area (Å²) < 4.78 is 4.81. The van der Waals surface area contributed by atoms with Gasteiger partial charge in [-0.15, -0.1) is 0 Å². The van der Waals surface area contributed by atoms with Crippen LogP contribution < -0.4 is 10.6 Å². The minimum atomic E-state index is 0.108. The van der Waals surface area contributed by atoms with Crippen molar-refractivity contribution in [2.75, 3.05) is 10.6 Å². The Morgan fingerprint density at radius 1 is 0.491 bits per heavy atom. The van der Waals surface area contributed by atoms with Crippen molar-refractivity contribution in [3.8, 4) is 11.1 Å². The first-order valence-electron chi connectivity index (χ1n) is 19.9. The standard InChI is InChI=1S/C49H44N4O2/c54-48(33-13-5-2-6-14-33)50-37-22-25-46-42(28-37)40-17-9-10-18-44(40)53(46)31-36-15-7-8-16-39(36)35-21-24-45-41(27-35)43-29-38(51-49(55)34-19-20-34)23-26-47(43)52(45)30-32-11-3-1-4-12-32/h1,3-4,7-12,15-18,21-29,33-34H,2,5-6,13-14,19-20,30-31H2,(H,50,54)(H,51,55). The summed E-state index contributed by atoms with van der Waals surface area (Å²) in [6.07, 6.45) is 7.41. The number of rotatable bonds is 9. The maximum Gasteiger partial charge on any atom is 0.227 e. The highest BCUT2D eigenvalue weighted by molar-refractivity contribution is 6.12. The van der Waals surface area contributed by atoms with E-state index < -0.39 is 0 Å². The van der Waals surface area contributed by atoms with E-state index in [2.05, 4.69) is 147 Å². The number of carbonyl (C=O) groups excluding carboxylic acids is 2. The van der Waals surface area contributed by atoms with Gasteiger partial charge >= 0.3 is 0 Å². The van der Waals surface area contributed by atoms with Gasteiger partial charge in [-0.3, -0.25) is 9.59 Å². The molecule has 10 rings (SSSR count). The maximum absolute atomic E-state index is 13.2. The van der Waals surface area contributed by atoms with Crippen molar-refractivity contribution in [1.29, 1.82) is 0 Å². The summed E-state index contributed by atoms with van der Waals surface area (Å²) in [6, 6.07) is 47.5. The molecule has 0 bridgehead atoms. The number of carbonyl (C=O) groups is 2. The third-order valence-electron chi connectivity index (χ3n) is 11.9. The molecule has 6 aromatic carbocycles. The number of nitrogens with zero attached hydrogens (tertiary/aromatic N) is 2. The Labute approximate surface area is 320 Å². The third kappa shape index (κ3) is 6.35. The average Bonchev–Trinajstić information content (AvgIpc) is 4.00. The van der Waals surface area contributed by atoms with Gasteiger partial charge in [-0.1, -0.05) is 98.1 Å². The SMILES string of the molecule is O=C(Nc1ccc2c(c1)c1ccccc1n2Cc1ccccc1-c1ccc2c(c1)c1cc(NC(=O)C3CC3)ccc1n2Cc1ccccc1)C1CCCCC1. The summed E-state index contributed by atoms with van der Waals surface area (Å²) in [5.74, 6) is 0.516. The number of anilines is 2. The molecule has 0 spiro atoms. The van der Waals surface area contributed by atoms with E-state index in [1.165, 1.54) is 44.9 Å². The van der Waals surface area contributed by atoms with E-state index in [4.69, 9.17) is 0 Å². The van der Waals surface area contributed by atoms with E-state index in [9.17, 15) is 9.59 Å². The lowest BCUT2D eigenvalue weighted by atomic mass is 9.88. The van der Waals surface area contributed by atoms with Gasteiger partial charge in [0.15, 0.2) is 0 Å². The number of benzene rings is 6. The Balaban J connectivity index is 1.04. The van der Waals surface area contributed by atoms with Gasteiger partial charge in [0.05, 0.1) is 0 Å². The Bertz CT molecular complexity index is 2750. The number of hydrogen-bond acceptors (Lipinski definition) is 2. The number of para-hydroxylation sites is 1. The van der Waals surface area contributed by atoms with Crippen molar-refractivity contribution < 1.29 is 9.59 Å². The Morgan fingerprint density at radius 3 is 1.75 bits per heavy atom. The molecular formula is C49H44N4O2. The molecule has 6 heteroatoms. The van der Waals surface area contributed by atoms with Crippen molar-refractivity contribution in [2.45, 2.75) is 58.0 Å². The normalized spacial score (nSPS) is 14.9. The summed E-state index contributed by atoms with van der Waals surface area (Å²) >= 11 is 0. The van der Waals surface area contributed by atoms with Crippen LogP contribution in [0.5, 0.6) is 0 Å². The molecule has 272 valence electrons. The molecule has 55 heavy (non-hydrogen) atoms. The maximum atomic E-state index is 13.2. The van der Waals surface area contributed by atoms with Gasteiger partial charge in [-0.25, -0.2) is 0 Å². The van der Waals surface area contributed by atoms with Crippen molar-refractivity contribution in [3.63, 3.8) is 0 Å². The van der Waals surface area contributed by atoms with Gasteiger partial charge in [-0.2, -0.15) is 0 Å². The number of hydrogen-bond donors (Lipinski definition) is 2. The predicted molar refractivity (Wildman–Crippen MR) is 226 cm³/mol. The summed E-state index contributed by atoms with van der Waals surface area (Å²) in [4.78, 5) is 25.9. The van der Waals surface area contributed by atoms with Crippen molar-refractivity contribution >= 4 is 66.8 Å². The molecule has 2 saturated carbocycles. The van der Waals surface area contributed by atoms with Crippen LogP contribution in [-0.4, -0.2) is 20.9 Å². The number of fused-ring (bicyclic) bond motifs is 6. The Morgan fingerprint density at radius 2 is 1.04 bits per heavy atom. The summed E-state index contributed by atoms with van der Waals surface area (Å²) in [7, 11) is 0. The largest absolute Gasteiger partial charge is 0.336 e. The lowest BCUT2D eigenvalue weighted by Gasteiger charge is -2.20. The van der Waals surface area contributed by atoms with Gasteiger partial charge in [0.2, 0.25) is 11.8 Å². The van der Waals surface area contributed by atoms with E-state index in [1.54, 1.807) is 0 Å². The Hall–Kier alpha value is -6.14. The fourth-order valence-corrected chi connectivity index (χ4v) is 8.90. The molecule has 2 aliphatic carbocycles. The topological polar surface area (TPSA) is 68.1 Å². The summed E-state index contributed by atoms with van der Waals surface area (Å²) in [5.41, 5.74) is 11.1. The van der Waals surface area contributed by atoms with Crippen LogP contribution in [-0.2, 0) is 22.7 Å². The second-order valence-electron chi connectivity index (χ2n) is 15.6. The lowest BCUT2D eigenvalue weighted by Crippen LogP contribution is -2.24. The van der Waals surface area contributed by atoms with E-state index >= 15 is 0 Å². The molecule has 2 amide bonds. The Kier molecular flexibility index (Phi) is 8.47. The van der Waals surface area contributed by atoms with Crippen LogP contribution in [0.1, 0.15) is 56.1 Å². The summed E-state index contributed by atoms with van der Waals surface area (Å²) in [5, 5.41) is 11.1. The smallest absolute Gasteiger partial charge is 0.227 e. The van der Waals surface area contributed by atoms with Crippen LogP contribution in [0.2, 0.25) is 0 Å². The monoisotopic (exact) mass is 720 g/mol. The van der Waals surface area contributed by atoms with E-state index in [1.807, 2.05) is 6.07 Å². The van der Waals surface area contributed by atoms with Crippen molar-refractivity contribution in [1.82, 2.24) is 9.13 Å². The van der Waals surface area contributed by atoms with E-state index in [-0.39, 0.29) is 23.7 Å². The molecule has 2 aromatic heterocycles. The van der Waals surface area contributed by atoms with E-state index in [0.717, 1.165) is 83.8 Å². The van der Waals surface area contributed by atoms with Crippen molar-refractivity contribution in [3.05, 3.63) is 145 Å². The molecule has 0 unspecified atom stereocenters. The molecule has 0 saturated heterocycles. The molecule has 6 nitrogen and oxygen atoms in total. The highest BCUT2D eigenvalue weighted by Gasteiger charge is 2.29. The molecule has 2 heterocycles. The van der Waals surface area contributed by atoms with Crippen LogP contribution >= 0.6 is 0 Å². The number of aromatic nitrogens is 2. The van der Waals surface area contributed by atoms with Crippen molar-refractivity contribution in [2.24, 2.45) is 11.8 Å². The minimum Gasteiger partial charge on any atom is -0.336 e. The molecule has 0 atom stereocenters. The first-order chi connectivity index (χ1) is 27.1. The highest BCUT2D eigenvalue weighted by atomic mass is 16.2. The van der Waals surface area contributed by atoms with Crippen LogP contribution in [0.3, 0.4) is 0 Å². The zero-order chi connectivity index (χ0) is 36.9. The molecule has 0 radical (unpaired) electrons. The van der Waals surface area contributed by atoms with Crippen LogP contribution in [0.25, 0.3) is 54.7 Å². The first-order valence-corrected chi connectivity index (χ1v) is 19.9. The van der Waals surface area contributed by atoms with Gasteiger partial charge in [0.25, 0.3) is 0 Å². The zero-order valence-corrected chi connectivity index (χ0v) is 30.9. The fourth-order valence-electron chi connectivity index (χ4n) is 8.90. The lowest BCUT2D eigenvalue weighted by molar-refractivity contribution is -0.120. The third-order valence-corrected chi connectivity index (χ3v) is 11.9. The first kappa shape index (κ1) is 33.4. The molecule has 2 fully saturated rings. The van der Waals surface area contributed by atoms with E-state index in [0.29, 0.717) is 6.54 Å². The minimum absolute atomic E-state index is 0.108. The second kappa shape index (κ2) is 13.9. The van der Waals surface area contributed by atoms with Gasteiger partial charge in [0.1, 0.15) is 0 Å². The number of nitrogens with one attached hydrogen (secondary N) is 2. The molecule has 8 aromatic rings. The van der Waals surface area contributed by atoms with Crippen LogP contribution in [0.4, 0.5) is 11.4 Å². The van der Waals surface area contributed by atoms with Crippen LogP contribution in [0.15, 0.2) is 133 Å². The predicted octanol–water partition coefficient (Wildman–Crippen LogP) is 11.5. The molecule has 0 aliphatic heterocycles. The average molecular weight is 721 g/mol. The quantitative estimate of drug-likeness (QED) is 0.156. The fraction of sp³-hybridized carbons (Fsp3) is 0.224. The van der Waals surface area contributed by atoms with Crippen LogP contribution in [0, 0.1) is 11.8 Å². The van der Waals surface area contributed by atoms with Gasteiger partial charge in [-0.05, 0) is 103 Å². The number of amides is 2. The molecule has 2 aliphatic rings. The molecule has 2 N–H and O–H groups in total. The summed E-state index contributed by atoms with van der Waals surface area (Å²) in [6.45, 7) is 1.45.